The van der Waals surface area contributed by atoms with Gasteiger partial charge in [0.2, 0.25) is 11.8 Å². The fourth-order valence-corrected chi connectivity index (χ4v) is 1.59. The van der Waals surface area contributed by atoms with Crippen LogP contribution in [0.25, 0.3) is 0 Å². The third kappa shape index (κ3) is 5.08. The monoisotopic (exact) mass is 274 g/mol. The lowest BCUT2D eigenvalue weighted by atomic mass is 10.1. The molecule has 6 nitrogen and oxygen atoms in total. The first-order chi connectivity index (χ1) is 9.42. The van der Waals surface area contributed by atoms with Crippen molar-refractivity contribution in [2.45, 2.75) is 13.3 Å². The zero-order valence-electron chi connectivity index (χ0n) is 11.9. The van der Waals surface area contributed by atoms with Gasteiger partial charge in [-0.2, -0.15) is 5.26 Å². The molecular formula is C14H18N4O2. The molecule has 0 heterocycles. The van der Waals surface area contributed by atoms with Gasteiger partial charge in [-0.3, -0.25) is 9.59 Å². The average Bonchev–Trinajstić information content (AvgIpc) is 2.32. The van der Waals surface area contributed by atoms with Gasteiger partial charge >= 0.3 is 0 Å². The largest absolute Gasteiger partial charge is 0.325 e. The van der Waals surface area contributed by atoms with Crippen LogP contribution in [0.15, 0.2) is 18.2 Å². The Morgan fingerprint density at radius 3 is 2.55 bits per heavy atom. The van der Waals surface area contributed by atoms with Crippen LogP contribution in [0.4, 0.5) is 11.4 Å². The molecule has 1 aromatic carbocycles. The van der Waals surface area contributed by atoms with E-state index in [1.807, 2.05) is 21.0 Å². The predicted octanol–water partition coefficient (Wildman–Crippen LogP) is 1.35. The number of anilines is 2. The lowest BCUT2D eigenvalue weighted by Gasteiger charge is -2.13. The summed E-state index contributed by atoms with van der Waals surface area (Å²) in [4.78, 5) is 24.8. The molecule has 106 valence electrons. The number of rotatable bonds is 5. The van der Waals surface area contributed by atoms with Crippen molar-refractivity contribution in [3.8, 4) is 6.07 Å². The van der Waals surface area contributed by atoms with Gasteiger partial charge in [0, 0.05) is 11.4 Å². The van der Waals surface area contributed by atoms with Crippen molar-refractivity contribution in [1.82, 2.24) is 4.90 Å². The quantitative estimate of drug-likeness (QED) is 0.848. The number of likely N-dealkylation sites (N-methyl/N-ethyl adjacent to an activating group) is 1. The molecule has 0 atom stereocenters. The van der Waals surface area contributed by atoms with Crippen LogP contribution in [0.1, 0.15) is 12.0 Å². The summed E-state index contributed by atoms with van der Waals surface area (Å²) in [5.41, 5.74) is 2.10. The fraction of sp³-hybridized carbons (Fsp3) is 0.357. The van der Waals surface area contributed by atoms with Gasteiger partial charge in [-0.25, -0.2) is 0 Å². The van der Waals surface area contributed by atoms with Crippen molar-refractivity contribution in [3.05, 3.63) is 23.8 Å². The zero-order chi connectivity index (χ0) is 15.1. The van der Waals surface area contributed by atoms with Crippen molar-refractivity contribution in [2.75, 3.05) is 31.3 Å². The van der Waals surface area contributed by atoms with Gasteiger partial charge in [0.15, 0.2) is 0 Å². The van der Waals surface area contributed by atoms with Crippen LogP contribution in [-0.4, -0.2) is 37.4 Å². The van der Waals surface area contributed by atoms with Crippen molar-refractivity contribution < 1.29 is 9.59 Å². The maximum atomic E-state index is 11.7. The van der Waals surface area contributed by atoms with Crippen LogP contribution in [-0.2, 0) is 9.59 Å². The molecule has 0 aliphatic rings. The van der Waals surface area contributed by atoms with Gasteiger partial charge in [0.05, 0.1) is 12.6 Å². The molecule has 20 heavy (non-hydrogen) atoms. The summed E-state index contributed by atoms with van der Waals surface area (Å²) in [7, 11) is 3.62. The Morgan fingerprint density at radius 2 is 1.95 bits per heavy atom. The van der Waals surface area contributed by atoms with E-state index in [9.17, 15) is 9.59 Å². The molecule has 0 saturated heterocycles. The summed E-state index contributed by atoms with van der Waals surface area (Å²) in [5.74, 6) is -0.500. The number of carbonyl (C=O) groups excluding carboxylic acids is 2. The molecule has 0 aromatic heterocycles. The Hall–Kier alpha value is -2.39. The SMILES string of the molecule is Cc1ccc(NC(=O)CC#N)cc1NC(=O)CN(C)C. The zero-order valence-corrected chi connectivity index (χ0v) is 11.9. The van der Waals surface area contributed by atoms with Crippen molar-refractivity contribution >= 4 is 23.2 Å². The molecular weight excluding hydrogens is 256 g/mol. The van der Waals surface area contributed by atoms with Gasteiger partial charge in [-0.05, 0) is 38.7 Å². The van der Waals surface area contributed by atoms with Gasteiger partial charge in [0.25, 0.3) is 0 Å². The van der Waals surface area contributed by atoms with Crippen LogP contribution in [0.3, 0.4) is 0 Å². The number of hydrogen-bond acceptors (Lipinski definition) is 4. The van der Waals surface area contributed by atoms with E-state index in [0.717, 1.165) is 5.56 Å². The van der Waals surface area contributed by atoms with Crippen LogP contribution in [0.2, 0.25) is 0 Å². The molecule has 0 aliphatic heterocycles. The Labute approximate surface area is 118 Å². The Morgan fingerprint density at radius 1 is 1.25 bits per heavy atom. The summed E-state index contributed by atoms with van der Waals surface area (Å²) in [6.45, 7) is 2.15. The number of carbonyl (C=O) groups is 2. The van der Waals surface area contributed by atoms with E-state index in [1.165, 1.54) is 0 Å². The van der Waals surface area contributed by atoms with Crippen molar-refractivity contribution in [3.63, 3.8) is 0 Å². The molecule has 1 rings (SSSR count). The maximum absolute atomic E-state index is 11.7. The summed E-state index contributed by atoms with van der Waals surface area (Å²) < 4.78 is 0. The summed E-state index contributed by atoms with van der Waals surface area (Å²) in [6, 6.07) is 6.99. The number of aryl methyl sites for hydroxylation is 1. The molecule has 0 spiro atoms. The summed E-state index contributed by atoms with van der Waals surface area (Å²) in [5, 5.41) is 13.8. The van der Waals surface area contributed by atoms with Crippen molar-refractivity contribution in [2.24, 2.45) is 0 Å². The second-order valence-corrected chi connectivity index (χ2v) is 4.70. The van der Waals surface area contributed by atoms with Crippen molar-refractivity contribution in [1.29, 1.82) is 5.26 Å². The highest BCUT2D eigenvalue weighted by atomic mass is 16.2. The minimum atomic E-state index is -0.373. The Balaban J connectivity index is 2.79. The third-order valence-electron chi connectivity index (χ3n) is 2.49. The standard InChI is InChI=1S/C14H18N4O2/c1-10-4-5-11(16-13(19)6-7-15)8-12(10)17-14(20)9-18(2)3/h4-5,8H,6,9H2,1-3H3,(H,16,19)(H,17,20). The van der Waals surface area contributed by atoms with E-state index in [-0.39, 0.29) is 24.8 Å². The lowest BCUT2D eigenvalue weighted by Crippen LogP contribution is -2.27. The molecule has 0 fully saturated rings. The average molecular weight is 274 g/mol. The first-order valence-corrected chi connectivity index (χ1v) is 6.14. The van der Waals surface area contributed by atoms with Crippen LogP contribution in [0, 0.1) is 18.3 Å². The highest BCUT2D eigenvalue weighted by Gasteiger charge is 2.08. The molecule has 0 unspecified atom stereocenters. The molecule has 0 saturated carbocycles. The van der Waals surface area contributed by atoms with Gasteiger partial charge in [0.1, 0.15) is 6.42 Å². The first-order valence-electron chi connectivity index (χ1n) is 6.14. The van der Waals surface area contributed by atoms with Crippen LogP contribution >= 0.6 is 0 Å². The molecule has 6 heteroatoms. The molecule has 0 bridgehead atoms. The number of nitrogens with one attached hydrogen (secondary N) is 2. The van der Waals surface area contributed by atoms with E-state index < -0.39 is 0 Å². The van der Waals surface area contributed by atoms with E-state index >= 15 is 0 Å². The van der Waals surface area contributed by atoms with E-state index in [0.29, 0.717) is 11.4 Å². The molecule has 2 amide bonds. The number of nitrogens with zero attached hydrogens (tertiary/aromatic N) is 2. The van der Waals surface area contributed by atoms with Crippen LogP contribution in [0.5, 0.6) is 0 Å². The maximum Gasteiger partial charge on any atom is 0.238 e. The predicted molar refractivity (Wildman–Crippen MR) is 77.2 cm³/mol. The Bertz CT molecular complexity index is 547. The molecule has 2 N–H and O–H groups in total. The lowest BCUT2D eigenvalue weighted by molar-refractivity contribution is -0.117. The summed E-state index contributed by atoms with van der Waals surface area (Å²) in [6.07, 6.45) is -0.198. The first kappa shape index (κ1) is 15.7. The van der Waals surface area contributed by atoms with E-state index in [1.54, 1.807) is 29.2 Å². The van der Waals surface area contributed by atoms with Gasteiger partial charge in [-0.1, -0.05) is 6.07 Å². The summed E-state index contributed by atoms with van der Waals surface area (Å²) >= 11 is 0. The topological polar surface area (TPSA) is 85.2 Å². The van der Waals surface area contributed by atoms with E-state index in [4.69, 9.17) is 5.26 Å². The second kappa shape index (κ2) is 7.26. The number of hydrogen-bond donors (Lipinski definition) is 2. The number of nitriles is 1. The van der Waals surface area contributed by atoms with Crippen LogP contribution < -0.4 is 10.6 Å². The third-order valence-corrected chi connectivity index (χ3v) is 2.49. The minimum Gasteiger partial charge on any atom is -0.325 e. The number of amides is 2. The minimum absolute atomic E-state index is 0.126. The number of benzene rings is 1. The highest BCUT2D eigenvalue weighted by Crippen LogP contribution is 2.20. The molecule has 0 aliphatic carbocycles. The molecule has 0 radical (unpaired) electrons. The smallest absolute Gasteiger partial charge is 0.238 e. The van der Waals surface area contributed by atoms with Gasteiger partial charge in [-0.15, -0.1) is 0 Å². The van der Waals surface area contributed by atoms with E-state index in [2.05, 4.69) is 10.6 Å². The normalized spacial score (nSPS) is 9.95. The van der Waals surface area contributed by atoms with Gasteiger partial charge < -0.3 is 15.5 Å². The highest BCUT2D eigenvalue weighted by molar-refractivity contribution is 5.96. The Kier molecular flexibility index (Phi) is 5.69. The molecule has 1 aromatic rings. The second-order valence-electron chi connectivity index (χ2n) is 4.70. The fourth-order valence-electron chi connectivity index (χ4n) is 1.59.